The molecule has 0 saturated heterocycles. The van der Waals surface area contributed by atoms with E-state index in [2.05, 4.69) is 25.9 Å². The fourth-order valence-corrected chi connectivity index (χ4v) is 5.05. The van der Waals surface area contributed by atoms with Crippen molar-refractivity contribution in [2.75, 3.05) is 13.1 Å². The van der Waals surface area contributed by atoms with E-state index in [-0.39, 0.29) is 50.4 Å². The predicted molar refractivity (Wildman–Crippen MR) is 178 cm³/mol. The molecule has 4 unspecified atom stereocenters. The number of aromatic amines is 1. The number of aromatic nitrogens is 1. The average molecular weight is 652 g/mol. The molecular formula is C32H45N9O6. The summed E-state index contributed by atoms with van der Waals surface area (Å²) >= 11 is 0. The number of guanidine groups is 1. The number of phenols is 1. The zero-order valence-electron chi connectivity index (χ0n) is 26.2. The fraction of sp³-hybridized carbons (Fsp3) is 0.406. The Bertz CT molecular complexity index is 1520. The Labute approximate surface area is 272 Å². The molecule has 1 aromatic heterocycles. The highest BCUT2D eigenvalue weighted by atomic mass is 16.4. The number of rotatable bonds is 19. The van der Waals surface area contributed by atoms with Crippen LogP contribution in [0.1, 0.15) is 43.2 Å². The molecule has 0 aliphatic rings. The molecule has 14 N–H and O–H groups in total. The van der Waals surface area contributed by atoms with Crippen LogP contribution in [0.4, 0.5) is 0 Å². The predicted octanol–water partition coefficient (Wildman–Crippen LogP) is -0.292. The highest BCUT2D eigenvalue weighted by Crippen LogP contribution is 2.20. The van der Waals surface area contributed by atoms with E-state index in [1.807, 2.05) is 24.3 Å². The van der Waals surface area contributed by atoms with Gasteiger partial charge in [0.15, 0.2) is 5.96 Å². The normalized spacial score (nSPS) is 13.6. The zero-order valence-corrected chi connectivity index (χ0v) is 26.2. The molecule has 254 valence electrons. The van der Waals surface area contributed by atoms with Gasteiger partial charge < -0.3 is 54.1 Å². The largest absolute Gasteiger partial charge is 0.508 e. The number of aromatic hydroxyl groups is 1. The molecule has 15 nitrogen and oxygen atoms in total. The zero-order chi connectivity index (χ0) is 34.3. The summed E-state index contributed by atoms with van der Waals surface area (Å²) in [6.45, 7) is 0.560. The highest BCUT2D eigenvalue weighted by molar-refractivity contribution is 5.95. The minimum Gasteiger partial charge on any atom is -0.508 e. The van der Waals surface area contributed by atoms with E-state index in [1.165, 1.54) is 12.1 Å². The third-order valence-corrected chi connectivity index (χ3v) is 7.60. The number of nitrogens with zero attached hydrogens (tertiary/aromatic N) is 1. The maximum Gasteiger partial charge on any atom is 0.326 e. The lowest BCUT2D eigenvalue weighted by Gasteiger charge is -2.25. The molecule has 47 heavy (non-hydrogen) atoms. The Morgan fingerprint density at radius 1 is 0.809 bits per heavy atom. The second kappa shape index (κ2) is 18.1. The Balaban J connectivity index is 1.80. The Hall–Kier alpha value is -5.15. The van der Waals surface area contributed by atoms with Crippen LogP contribution in [0.25, 0.3) is 10.9 Å². The molecular weight excluding hydrogens is 606 g/mol. The summed E-state index contributed by atoms with van der Waals surface area (Å²) in [4.78, 5) is 59.5. The van der Waals surface area contributed by atoms with Gasteiger partial charge in [-0.05, 0) is 74.4 Å². The fourth-order valence-electron chi connectivity index (χ4n) is 5.05. The van der Waals surface area contributed by atoms with Crippen molar-refractivity contribution >= 4 is 40.6 Å². The number of carboxylic acid groups (broad SMARTS) is 1. The van der Waals surface area contributed by atoms with E-state index in [9.17, 15) is 29.4 Å². The number of hydrogen-bond donors (Lipinski definition) is 10. The maximum absolute atomic E-state index is 13.7. The number of H-pyrrole nitrogens is 1. The lowest BCUT2D eigenvalue weighted by Crippen LogP contribution is -2.57. The van der Waals surface area contributed by atoms with Gasteiger partial charge in [-0.15, -0.1) is 0 Å². The number of para-hydroxylation sites is 1. The number of amides is 3. The molecule has 3 amide bonds. The number of aliphatic carboxylic acids is 1. The molecule has 0 spiro atoms. The number of hydrogen-bond acceptors (Lipinski definition) is 8. The SMILES string of the molecule is NCCCCC(NC(=O)C(N)Cc1ccc(O)cc1)C(=O)NC(Cc1c[nH]c2ccccc12)C(=O)NC(CCCN=C(N)N)C(=O)O. The molecule has 0 aliphatic heterocycles. The third kappa shape index (κ3) is 11.6. The minimum absolute atomic E-state index is 0.0335. The summed E-state index contributed by atoms with van der Waals surface area (Å²) in [5.41, 5.74) is 24.8. The van der Waals surface area contributed by atoms with Crippen molar-refractivity contribution < 1.29 is 29.4 Å². The van der Waals surface area contributed by atoms with Gasteiger partial charge in [0.1, 0.15) is 23.9 Å². The van der Waals surface area contributed by atoms with Gasteiger partial charge in [-0.2, -0.15) is 0 Å². The van der Waals surface area contributed by atoms with Crippen molar-refractivity contribution in [3.05, 3.63) is 65.9 Å². The molecule has 0 aliphatic carbocycles. The smallest absolute Gasteiger partial charge is 0.326 e. The number of benzene rings is 2. The first kappa shape index (κ1) is 36.3. The number of fused-ring (bicyclic) bond motifs is 1. The van der Waals surface area contributed by atoms with Gasteiger partial charge in [0.2, 0.25) is 17.7 Å². The number of nitrogens with two attached hydrogens (primary N) is 4. The summed E-state index contributed by atoms with van der Waals surface area (Å²) in [6.07, 6.45) is 3.59. The van der Waals surface area contributed by atoms with Crippen LogP contribution in [0.3, 0.4) is 0 Å². The highest BCUT2D eigenvalue weighted by Gasteiger charge is 2.31. The van der Waals surface area contributed by atoms with E-state index in [4.69, 9.17) is 22.9 Å². The first-order valence-corrected chi connectivity index (χ1v) is 15.5. The average Bonchev–Trinajstić information content (AvgIpc) is 3.45. The van der Waals surface area contributed by atoms with Crippen molar-refractivity contribution in [3.63, 3.8) is 0 Å². The lowest BCUT2D eigenvalue weighted by molar-refractivity contribution is -0.142. The molecule has 4 atom stereocenters. The van der Waals surface area contributed by atoms with Crippen LogP contribution in [0.2, 0.25) is 0 Å². The van der Waals surface area contributed by atoms with E-state index >= 15 is 0 Å². The molecule has 0 fully saturated rings. The number of carboxylic acids is 1. The molecule has 3 aromatic rings. The van der Waals surface area contributed by atoms with Gasteiger partial charge in [0.05, 0.1) is 6.04 Å². The van der Waals surface area contributed by atoms with Crippen molar-refractivity contribution in [3.8, 4) is 5.75 Å². The van der Waals surface area contributed by atoms with E-state index in [1.54, 1.807) is 18.3 Å². The first-order valence-electron chi connectivity index (χ1n) is 15.5. The topological polar surface area (TPSA) is 277 Å². The third-order valence-electron chi connectivity index (χ3n) is 7.60. The van der Waals surface area contributed by atoms with Crippen molar-refractivity contribution in [1.82, 2.24) is 20.9 Å². The monoisotopic (exact) mass is 651 g/mol. The van der Waals surface area contributed by atoms with Crippen LogP contribution in [0.15, 0.2) is 59.7 Å². The molecule has 0 radical (unpaired) electrons. The van der Waals surface area contributed by atoms with Crippen LogP contribution in [0, 0.1) is 0 Å². The summed E-state index contributed by atoms with van der Waals surface area (Å²) in [7, 11) is 0. The minimum atomic E-state index is -1.27. The van der Waals surface area contributed by atoms with E-state index < -0.39 is 47.9 Å². The number of unbranched alkanes of at least 4 members (excludes halogenated alkanes) is 1. The Morgan fingerprint density at radius 3 is 2.13 bits per heavy atom. The molecule has 0 saturated carbocycles. The second-order valence-corrected chi connectivity index (χ2v) is 11.3. The molecule has 2 aromatic carbocycles. The van der Waals surface area contributed by atoms with Crippen LogP contribution in [-0.4, -0.2) is 82.1 Å². The van der Waals surface area contributed by atoms with Crippen molar-refractivity contribution in [2.24, 2.45) is 27.9 Å². The molecule has 1 heterocycles. The van der Waals surface area contributed by atoms with Crippen LogP contribution in [-0.2, 0) is 32.0 Å². The first-order chi connectivity index (χ1) is 22.5. The summed E-state index contributed by atoms with van der Waals surface area (Å²) in [5.74, 6) is -3.22. The lowest BCUT2D eigenvalue weighted by atomic mass is 10.0. The van der Waals surface area contributed by atoms with E-state index in [0.717, 1.165) is 22.0 Å². The van der Waals surface area contributed by atoms with Gasteiger partial charge in [0.25, 0.3) is 0 Å². The van der Waals surface area contributed by atoms with Crippen LogP contribution in [0.5, 0.6) is 5.75 Å². The molecule has 15 heteroatoms. The Morgan fingerprint density at radius 2 is 1.45 bits per heavy atom. The van der Waals surface area contributed by atoms with Crippen LogP contribution < -0.4 is 38.9 Å². The number of nitrogens with one attached hydrogen (secondary N) is 4. The van der Waals surface area contributed by atoms with E-state index in [0.29, 0.717) is 19.4 Å². The maximum atomic E-state index is 13.7. The van der Waals surface area contributed by atoms with Gasteiger partial charge in [0, 0.05) is 30.1 Å². The van der Waals surface area contributed by atoms with Gasteiger partial charge in [-0.25, -0.2) is 4.79 Å². The second-order valence-electron chi connectivity index (χ2n) is 11.3. The Kier molecular flexibility index (Phi) is 14.0. The summed E-state index contributed by atoms with van der Waals surface area (Å²) < 4.78 is 0. The van der Waals surface area contributed by atoms with Crippen molar-refractivity contribution in [1.29, 1.82) is 0 Å². The van der Waals surface area contributed by atoms with Gasteiger partial charge >= 0.3 is 5.97 Å². The number of phenolic OH excluding ortho intramolecular Hbond substituents is 1. The van der Waals surface area contributed by atoms with Crippen LogP contribution >= 0.6 is 0 Å². The van der Waals surface area contributed by atoms with Gasteiger partial charge in [-0.1, -0.05) is 30.3 Å². The molecule has 3 rings (SSSR count). The summed E-state index contributed by atoms with van der Waals surface area (Å²) in [5, 5.41) is 28.2. The molecule has 0 bridgehead atoms. The van der Waals surface area contributed by atoms with Gasteiger partial charge in [-0.3, -0.25) is 19.4 Å². The number of aliphatic imine (C=N–C) groups is 1. The summed E-state index contributed by atoms with van der Waals surface area (Å²) in [6, 6.07) is 9.20. The quantitative estimate of drug-likeness (QED) is 0.0459. The number of carbonyl (C=O) groups is 4. The standard InChI is InChI=1S/C32H45N9O6/c33-14-4-3-8-25(39-28(43)23(34)16-19-10-12-21(42)13-11-19)29(44)41-27(17-20-18-38-24-7-2-1-6-22(20)24)30(45)40-26(31(46)47)9-5-15-37-32(35)36/h1-2,6-7,10-13,18,23,25-27,38,42H,3-5,8-9,14-17,33-34H2,(H,39,43)(H,40,45)(H,41,44)(H,46,47)(H4,35,36,37). The number of carbonyl (C=O) groups excluding carboxylic acids is 3. The van der Waals surface area contributed by atoms with Crippen molar-refractivity contribution in [2.45, 2.75) is 69.1 Å².